The van der Waals surface area contributed by atoms with Crippen molar-refractivity contribution < 1.29 is 19.1 Å². The minimum absolute atomic E-state index is 0.320. The van der Waals surface area contributed by atoms with Crippen molar-refractivity contribution >= 4 is 44.9 Å². The lowest BCUT2D eigenvalue weighted by Gasteiger charge is -2.07. The van der Waals surface area contributed by atoms with Crippen molar-refractivity contribution in [1.29, 1.82) is 0 Å². The molecule has 5 aromatic rings. The highest BCUT2D eigenvalue weighted by Gasteiger charge is 2.19. The first-order valence-electron chi connectivity index (χ1n) is 11.7. The number of halogens is 1. The zero-order chi connectivity index (χ0) is 26.5. The number of nitrogens with one attached hydrogen (secondary N) is 2. The first-order valence-corrected chi connectivity index (χ1v) is 12.5. The maximum atomic E-state index is 13.3. The summed E-state index contributed by atoms with van der Waals surface area (Å²) in [5.41, 5.74) is 6.32. The fourth-order valence-corrected chi connectivity index (χ4v) is 4.28. The SMILES string of the molecule is COc1ccc2[nH]c(C(=O)NN=Cc3ccccc3OC(=O)c3ccc(Br)cc3)c(-c3ccccc3)c2c1. The van der Waals surface area contributed by atoms with E-state index in [1.54, 1.807) is 55.6 Å². The Morgan fingerprint density at radius 1 is 0.921 bits per heavy atom. The van der Waals surface area contributed by atoms with E-state index in [9.17, 15) is 9.59 Å². The molecule has 0 saturated heterocycles. The van der Waals surface area contributed by atoms with Gasteiger partial charge >= 0.3 is 5.97 Å². The molecule has 0 saturated carbocycles. The van der Waals surface area contributed by atoms with E-state index in [1.165, 1.54) is 6.21 Å². The van der Waals surface area contributed by atoms with Gasteiger partial charge in [-0.1, -0.05) is 58.4 Å². The first kappa shape index (κ1) is 25.0. The van der Waals surface area contributed by atoms with E-state index in [4.69, 9.17) is 9.47 Å². The molecule has 38 heavy (non-hydrogen) atoms. The second-order valence-electron chi connectivity index (χ2n) is 8.29. The molecule has 0 fully saturated rings. The maximum absolute atomic E-state index is 13.3. The molecule has 7 nitrogen and oxygen atoms in total. The summed E-state index contributed by atoms with van der Waals surface area (Å²) in [5, 5.41) is 5.00. The van der Waals surface area contributed by atoms with Gasteiger partial charge in [-0.05, 0) is 60.2 Å². The number of fused-ring (bicyclic) bond motifs is 1. The minimum atomic E-state index is -0.497. The fraction of sp³-hybridized carbons (Fsp3) is 0.0333. The number of hydrogen-bond donors (Lipinski definition) is 2. The summed E-state index contributed by atoms with van der Waals surface area (Å²) in [4.78, 5) is 29.0. The van der Waals surface area contributed by atoms with E-state index in [0.29, 0.717) is 28.3 Å². The van der Waals surface area contributed by atoms with Gasteiger partial charge in [-0.15, -0.1) is 0 Å². The molecule has 1 amide bonds. The zero-order valence-corrected chi connectivity index (χ0v) is 21.9. The molecule has 0 unspecified atom stereocenters. The highest BCUT2D eigenvalue weighted by molar-refractivity contribution is 9.10. The molecule has 8 heteroatoms. The number of esters is 1. The van der Waals surface area contributed by atoms with Crippen LogP contribution in [0.3, 0.4) is 0 Å². The summed E-state index contributed by atoms with van der Waals surface area (Å²) in [6, 6.07) is 29.1. The normalized spacial score (nSPS) is 11.0. The quantitative estimate of drug-likeness (QED) is 0.100. The predicted octanol–water partition coefficient (Wildman–Crippen LogP) is 6.59. The van der Waals surface area contributed by atoms with Crippen LogP contribution in [-0.2, 0) is 0 Å². The molecular formula is C30H22BrN3O4. The largest absolute Gasteiger partial charge is 0.497 e. The van der Waals surface area contributed by atoms with Crippen LogP contribution in [-0.4, -0.2) is 30.2 Å². The van der Waals surface area contributed by atoms with E-state index in [0.717, 1.165) is 26.5 Å². The number of hydrazone groups is 1. The van der Waals surface area contributed by atoms with Crippen LogP contribution in [0.1, 0.15) is 26.4 Å². The van der Waals surface area contributed by atoms with Gasteiger partial charge in [-0.3, -0.25) is 4.79 Å². The number of methoxy groups -OCH3 is 1. The Balaban J connectivity index is 1.39. The lowest BCUT2D eigenvalue weighted by molar-refractivity contribution is 0.0734. The number of hydrogen-bond acceptors (Lipinski definition) is 5. The van der Waals surface area contributed by atoms with Gasteiger partial charge in [0.05, 0.1) is 18.9 Å². The van der Waals surface area contributed by atoms with Gasteiger partial charge in [0.15, 0.2) is 0 Å². The third-order valence-corrected chi connectivity index (χ3v) is 6.40. The molecule has 188 valence electrons. The molecule has 1 aromatic heterocycles. The van der Waals surface area contributed by atoms with Gasteiger partial charge in [-0.2, -0.15) is 5.10 Å². The third kappa shape index (κ3) is 5.35. The van der Waals surface area contributed by atoms with Gasteiger partial charge < -0.3 is 14.5 Å². The molecule has 0 radical (unpaired) electrons. The Bertz CT molecular complexity index is 1640. The molecule has 0 aliphatic heterocycles. The second-order valence-corrected chi connectivity index (χ2v) is 9.20. The number of H-pyrrole nitrogens is 1. The molecular weight excluding hydrogens is 546 g/mol. The summed E-state index contributed by atoms with van der Waals surface area (Å²) in [7, 11) is 1.60. The lowest BCUT2D eigenvalue weighted by atomic mass is 10.0. The number of ether oxygens (including phenoxy) is 2. The van der Waals surface area contributed by atoms with Gasteiger partial charge in [0.1, 0.15) is 17.2 Å². The van der Waals surface area contributed by atoms with Crippen LogP contribution in [0.4, 0.5) is 0 Å². The van der Waals surface area contributed by atoms with Gasteiger partial charge in [0.25, 0.3) is 5.91 Å². The van der Waals surface area contributed by atoms with E-state index in [2.05, 4.69) is 31.4 Å². The van der Waals surface area contributed by atoms with E-state index in [1.807, 2.05) is 48.5 Å². The first-order chi connectivity index (χ1) is 18.5. The molecule has 2 N–H and O–H groups in total. The van der Waals surface area contributed by atoms with Crippen LogP contribution >= 0.6 is 15.9 Å². The number of carbonyl (C=O) groups excluding carboxylic acids is 2. The number of para-hydroxylation sites is 1. The van der Waals surface area contributed by atoms with Crippen LogP contribution in [0.2, 0.25) is 0 Å². The number of rotatable bonds is 7. The summed E-state index contributed by atoms with van der Waals surface area (Å²) in [6.45, 7) is 0. The van der Waals surface area contributed by atoms with Crippen molar-refractivity contribution in [2.24, 2.45) is 5.10 Å². The number of amides is 1. The number of aromatic amines is 1. The molecule has 0 atom stereocenters. The zero-order valence-electron chi connectivity index (χ0n) is 20.3. The highest BCUT2D eigenvalue weighted by Crippen LogP contribution is 2.34. The Labute approximate surface area is 227 Å². The van der Waals surface area contributed by atoms with Crippen molar-refractivity contribution in [3.63, 3.8) is 0 Å². The molecule has 0 bridgehead atoms. The summed E-state index contributed by atoms with van der Waals surface area (Å²) in [6.07, 6.45) is 1.44. The van der Waals surface area contributed by atoms with Crippen LogP contribution in [0.25, 0.3) is 22.0 Å². The summed E-state index contributed by atoms with van der Waals surface area (Å²) >= 11 is 3.35. The van der Waals surface area contributed by atoms with Gasteiger partial charge in [-0.25, -0.2) is 10.2 Å². The van der Waals surface area contributed by atoms with Crippen molar-refractivity contribution in [3.05, 3.63) is 118 Å². The topological polar surface area (TPSA) is 92.8 Å². The Kier molecular flexibility index (Phi) is 7.33. The predicted molar refractivity (Wildman–Crippen MR) is 151 cm³/mol. The van der Waals surface area contributed by atoms with Crippen molar-refractivity contribution in [2.45, 2.75) is 0 Å². The Morgan fingerprint density at radius 3 is 2.42 bits per heavy atom. The summed E-state index contributed by atoms with van der Waals surface area (Å²) < 4.78 is 11.8. The van der Waals surface area contributed by atoms with Crippen molar-refractivity contribution in [3.8, 4) is 22.6 Å². The van der Waals surface area contributed by atoms with E-state index < -0.39 is 11.9 Å². The monoisotopic (exact) mass is 567 g/mol. The van der Waals surface area contributed by atoms with E-state index >= 15 is 0 Å². The van der Waals surface area contributed by atoms with E-state index in [-0.39, 0.29) is 0 Å². The number of nitrogens with zero attached hydrogens (tertiary/aromatic N) is 1. The van der Waals surface area contributed by atoms with Gasteiger partial charge in [0, 0.05) is 26.5 Å². The molecule has 0 spiro atoms. The lowest BCUT2D eigenvalue weighted by Crippen LogP contribution is -2.19. The van der Waals surface area contributed by atoms with Crippen LogP contribution in [0, 0.1) is 0 Å². The molecule has 5 rings (SSSR count). The van der Waals surface area contributed by atoms with Gasteiger partial charge in [0.2, 0.25) is 0 Å². The number of carbonyl (C=O) groups is 2. The smallest absolute Gasteiger partial charge is 0.343 e. The fourth-order valence-electron chi connectivity index (χ4n) is 4.01. The molecule has 0 aliphatic rings. The highest BCUT2D eigenvalue weighted by atomic mass is 79.9. The van der Waals surface area contributed by atoms with Crippen LogP contribution in [0.5, 0.6) is 11.5 Å². The summed E-state index contributed by atoms with van der Waals surface area (Å²) in [5.74, 6) is 0.0945. The molecule has 1 heterocycles. The van der Waals surface area contributed by atoms with Crippen LogP contribution in [0.15, 0.2) is 107 Å². The second kappa shape index (κ2) is 11.1. The average Bonchev–Trinajstić information content (AvgIpc) is 3.33. The average molecular weight is 568 g/mol. The molecule has 0 aliphatic carbocycles. The molecule has 4 aromatic carbocycles. The number of aromatic nitrogens is 1. The minimum Gasteiger partial charge on any atom is -0.497 e. The number of benzene rings is 4. The Hall–Kier alpha value is -4.69. The maximum Gasteiger partial charge on any atom is 0.343 e. The van der Waals surface area contributed by atoms with Crippen molar-refractivity contribution in [2.75, 3.05) is 7.11 Å². The third-order valence-electron chi connectivity index (χ3n) is 5.87. The Morgan fingerprint density at radius 2 is 1.66 bits per heavy atom. The standard InChI is InChI=1S/C30H22BrN3O4/c1-37-23-15-16-25-24(17-23)27(19-7-3-2-4-8-19)28(33-25)29(35)34-32-18-21-9-5-6-10-26(21)38-30(36)20-11-13-22(31)14-12-20/h2-18,33H,1H3,(H,34,35). The van der Waals surface area contributed by atoms with Crippen LogP contribution < -0.4 is 14.9 Å². The van der Waals surface area contributed by atoms with Crippen molar-refractivity contribution in [1.82, 2.24) is 10.4 Å².